The molecule has 1 amide bonds. The van der Waals surface area contributed by atoms with Crippen LogP contribution in [0.2, 0.25) is 5.02 Å². The topological polar surface area (TPSA) is 62.8 Å². The number of ether oxygens (including phenoxy) is 2. The summed E-state index contributed by atoms with van der Waals surface area (Å²) in [6, 6.07) is 3.83. The van der Waals surface area contributed by atoms with Crippen molar-refractivity contribution >= 4 is 35.6 Å². The molecule has 1 atom stereocenters. The molecule has 1 aromatic carbocycles. The molecule has 1 aromatic rings. The number of halogens is 2. The molecule has 1 aliphatic heterocycles. The molecule has 6 nitrogen and oxygen atoms in total. The van der Waals surface area contributed by atoms with Crippen molar-refractivity contribution in [2.24, 2.45) is 0 Å². The SMILES string of the molecule is CNC1CCCN(CCC(=O)Nc2cc(OC)c(Cl)cc2OC)C1.Cl. The number of anilines is 1. The number of likely N-dealkylation sites (N-methyl/N-ethyl adjacent to an activating group) is 1. The fourth-order valence-corrected chi connectivity index (χ4v) is 3.16. The number of carbonyl (C=O) groups excluding carboxylic acids is 1. The van der Waals surface area contributed by atoms with Crippen molar-refractivity contribution in [3.8, 4) is 11.5 Å². The molecule has 1 unspecified atom stereocenters. The van der Waals surface area contributed by atoms with Crippen LogP contribution < -0.4 is 20.1 Å². The number of piperidine rings is 1. The zero-order chi connectivity index (χ0) is 17.5. The Morgan fingerprint density at radius 1 is 1.32 bits per heavy atom. The number of methoxy groups -OCH3 is 2. The predicted octanol–water partition coefficient (Wildman–Crippen LogP) is 2.79. The average molecular weight is 392 g/mol. The molecular weight excluding hydrogens is 365 g/mol. The smallest absolute Gasteiger partial charge is 0.225 e. The van der Waals surface area contributed by atoms with Crippen LogP contribution in [0.3, 0.4) is 0 Å². The molecule has 0 saturated carbocycles. The zero-order valence-corrected chi connectivity index (χ0v) is 16.5. The fourth-order valence-electron chi connectivity index (χ4n) is 2.92. The number of hydrogen-bond acceptors (Lipinski definition) is 5. The molecule has 0 aromatic heterocycles. The molecule has 25 heavy (non-hydrogen) atoms. The summed E-state index contributed by atoms with van der Waals surface area (Å²) in [5.74, 6) is 0.965. The van der Waals surface area contributed by atoms with Crippen LogP contribution in [-0.4, -0.2) is 57.8 Å². The second kappa shape index (κ2) is 10.7. The predicted molar refractivity (Wildman–Crippen MR) is 104 cm³/mol. The molecule has 8 heteroatoms. The summed E-state index contributed by atoms with van der Waals surface area (Å²) in [5.41, 5.74) is 0.565. The number of benzene rings is 1. The lowest BCUT2D eigenvalue weighted by Crippen LogP contribution is -2.45. The highest BCUT2D eigenvalue weighted by molar-refractivity contribution is 6.32. The number of likely N-dealkylation sites (tertiary alicyclic amines) is 1. The van der Waals surface area contributed by atoms with Gasteiger partial charge in [0.1, 0.15) is 11.5 Å². The van der Waals surface area contributed by atoms with Crippen LogP contribution in [0.15, 0.2) is 12.1 Å². The van der Waals surface area contributed by atoms with Gasteiger partial charge in [0.15, 0.2) is 0 Å². The van der Waals surface area contributed by atoms with Crippen LogP contribution >= 0.6 is 24.0 Å². The minimum Gasteiger partial charge on any atom is -0.495 e. The van der Waals surface area contributed by atoms with E-state index in [4.69, 9.17) is 21.1 Å². The van der Waals surface area contributed by atoms with Gasteiger partial charge in [0.2, 0.25) is 5.91 Å². The van der Waals surface area contributed by atoms with Crippen molar-refractivity contribution < 1.29 is 14.3 Å². The van der Waals surface area contributed by atoms with Gasteiger partial charge in [-0.15, -0.1) is 12.4 Å². The van der Waals surface area contributed by atoms with Gasteiger partial charge in [0, 0.05) is 37.7 Å². The molecule has 0 radical (unpaired) electrons. The number of amides is 1. The lowest BCUT2D eigenvalue weighted by molar-refractivity contribution is -0.116. The van der Waals surface area contributed by atoms with Crippen molar-refractivity contribution in [3.63, 3.8) is 0 Å². The lowest BCUT2D eigenvalue weighted by atomic mass is 10.1. The van der Waals surface area contributed by atoms with E-state index in [-0.39, 0.29) is 18.3 Å². The number of hydrogen-bond donors (Lipinski definition) is 2. The van der Waals surface area contributed by atoms with E-state index in [0.717, 1.165) is 26.1 Å². The van der Waals surface area contributed by atoms with E-state index in [0.29, 0.717) is 34.7 Å². The molecule has 1 heterocycles. The molecule has 2 N–H and O–H groups in total. The fraction of sp³-hybridized carbons (Fsp3) is 0.588. The van der Waals surface area contributed by atoms with Gasteiger partial charge < -0.3 is 25.0 Å². The first kappa shape index (κ1) is 21.8. The third-order valence-corrected chi connectivity index (χ3v) is 4.61. The van der Waals surface area contributed by atoms with Gasteiger partial charge in [0.05, 0.1) is 24.9 Å². The number of carbonyl (C=O) groups is 1. The molecular formula is C17H27Cl2N3O3. The van der Waals surface area contributed by atoms with Crippen molar-refractivity contribution in [1.29, 1.82) is 0 Å². The molecule has 0 spiro atoms. The maximum absolute atomic E-state index is 12.3. The molecule has 0 aliphatic carbocycles. The van der Waals surface area contributed by atoms with Crippen LogP contribution in [0.4, 0.5) is 5.69 Å². The summed E-state index contributed by atoms with van der Waals surface area (Å²) in [6.07, 6.45) is 2.79. The summed E-state index contributed by atoms with van der Waals surface area (Å²) in [4.78, 5) is 14.6. The quantitative estimate of drug-likeness (QED) is 0.747. The maximum Gasteiger partial charge on any atom is 0.225 e. The van der Waals surface area contributed by atoms with Gasteiger partial charge in [-0.1, -0.05) is 11.6 Å². The average Bonchev–Trinajstić information content (AvgIpc) is 2.61. The Balaban J connectivity index is 0.00000312. The molecule has 2 rings (SSSR count). The standard InChI is InChI=1S/C17H26ClN3O3.ClH/c1-19-12-5-4-7-21(11-12)8-6-17(22)20-14-10-15(23-2)13(18)9-16(14)24-3;/h9-10,12,19H,4-8,11H2,1-3H3,(H,20,22);1H. The maximum atomic E-state index is 12.3. The number of nitrogens with zero attached hydrogens (tertiary/aromatic N) is 1. The minimum atomic E-state index is -0.0516. The Morgan fingerprint density at radius 2 is 2.04 bits per heavy atom. The zero-order valence-electron chi connectivity index (χ0n) is 14.9. The van der Waals surface area contributed by atoms with Crippen LogP contribution in [0, 0.1) is 0 Å². The van der Waals surface area contributed by atoms with Gasteiger partial charge in [-0.3, -0.25) is 4.79 Å². The highest BCUT2D eigenvalue weighted by atomic mass is 35.5. The first-order valence-corrected chi connectivity index (χ1v) is 8.56. The summed E-state index contributed by atoms with van der Waals surface area (Å²) >= 11 is 6.08. The van der Waals surface area contributed by atoms with E-state index >= 15 is 0 Å². The van der Waals surface area contributed by atoms with Gasteiger partial charge in [-0.25, -0.2) is 0 Å². The van der Waals surface area contributed by atoms with E-state index in [1.165, 1.54) is 13.5 Å². The third kappa shape index (κ3) is 6.22. The Hall–Kier alpha value is -1.21. The van der Waals surface area contributed by atoms with Crippen LogP contribution in [0.5, 0.6) is 11.5 Å². The highest BCUT2D eigenvalue weighted by Gasteiger charge is 2.19. The normalized spacial score (nSPS) is 17.5. The first-order valence-electron chi connectivity index (χ1n) is 8.18. The van der Waals surface area contributed by atoms with Crippen molar-refractivity contribution in [3.05, 3.63) is 17.2 Å². The number of nitrogens with one attached hydrogen (secondary N) is 2. The molecule has 0 bridgehead atoms. The third-order valence-electron chi connectivity index (χ3n) is 4.32. The molecule has 1 fully saturated rings. The Morgan fingerprint density at radius 3 is 2.68 bits per heavy atom. The van der Waals surface area contributed by atoms with Crippen LogP contribution in [0.25, 0.3) is 0 Å². The van der Waals surface area contributed by atoms with E-state index in [2.05, 4.69) is 15.5 Å². The van der Waals surface area contributed by atoms with Crippen molar-refractivity contribution in [2.45, 2.75) is 25.3 Å². The molecule has 1 saturated heterocycles. The second-order valence-corrected chi connectivity index (χ2v) is 6.32. The first-order chi connectivity index (χ1) is 11.6. The number of rotatable bonds is 7. The minimum absolute atomic E-state index is 0. The summed E-state index contributed by atoms with van der Waals surface area (Å²) in [5, 5.41) is 6.64. The van der Waals surface area contributed by atoms with E-state index in [9.17, 15) is 4.79 Å². The summed E-state index contributed by atoms with van der Waals surface area (Å²) < 4.78 is 10.5. The Bertz CT molecular complexity index is 572. The largest absolute Gasteiger partial charge is 0.495 e. The van der Waals surface area contributed by atoms with Gasteiger partial charge in [0.25, 0.3) is 0 Å². The van der Waals surface area contributed by atoms with Crippen LogP contribution in [-0.2, 0) is 4.79 Å². The van der Waals surface area contributed by atoms with Crippen molar-refractivity contribution in [1.82, 2.24) is 10.2 Å². The van der Waals surface area contributed by atoms with Crippen LogP contribution in [0.1, 0.15) is 19.3 Å². The lowest BCUT2D eigenvalue weighted by Gasteiger charge is -2.32. The van der Waals surface area contributed by atoms with Gasteiger partial charge >= 0.3 is 0 Å². The van der Waals surface area contributed by atoms with E-state index in [1.807, 2.05) is 7.05 Å². The van der Waals surface area contributed by atoms with Gasteiger partial charge in [-0.2, -0.15) is 0 Å². The van der Waals surface area contributed by atoms with Crippen molar-refractivity contribution in [2.75, 3.05) is 46.2 Å². The monoisotopic (exact) mass is 391 g/mol. The summed E-state index contributed by atoms with van der Waals surface area (Å²) in [6.45, 7) is 2.78. The summed E-state index contributed by atoms with van der Waals surface area (Å²) in [7, 11) is 5.06. The Kier molecular flexibility index (Phi) is 9.35. The highest BCUT2D eigenvalue weighted by Crippen LogP contribution is 2.35. The Labute approximate surface area is 160 Å². The molecule has 1 aliphatic rings. The second-order valence-electron chi connectivity index (χ2n) is 5.91. The molecule has 142 valence electrons. The van der Waals surface area contributed by atoms with E-state index < -0.39 is 0 Å². The van der Waals surface area contributed by atoms with E-state index in [1.54, 1.807) is 19.2 Å². The van der Waals surface area contributed by atoms with Gasteiger partial charge in [-0.05, 0) is 26.4 Å².